The highest BCUT2D eigenvalue weighted by Crippen LogP contribution is 2.10. The van der Waals surface area contributed by atoms with Crippen molar-refractivity contribution in [1.82, 2.24) is 0 Å². The van der Waals surface area contributed by atoms with E-state index in [9.17, 15) is 4.79 Å². The Balaban J connectivity index is 3.15. The van der Waals surface area contributed by atoms with Gasteiger partial charge in [-0.3, -0.25) is 4.79 Å². The van der Waals surface area contributed by atoms with Crippen LogP contribution in [-0.2, 0) is 9.53 Å². The molecule has 0 amide bonds. The number of esters is 1. The molecular weight excluding hydrogens is 260 g/mol. The Hall–Kier alpha value is -1.23. The van der Waals surface area contributed by atoms with Crippen molar-refractivity contribution in [3.63, 3.8) is 0 Å². The van der Waals surface area contributed by atoms with E-state index in [0.29, 0.717) is 6.42 Å². The maximum Gasteiger partial charge on any atom is 0.305 e. The highest BCUT2D eigenvalue weighted by molar-refractivity contribution is 5.68. The first-order chi connectivity index (χ1) is 10.3. The number of ether oxygens (including phenoxy) is 1. The van der Waals surface area contributed by atoms with Crippen LogP contribution in [0.25, 0.3) is 0 Å². The van der Waals surface area contributed by atoms with Crippen LogP contribution in [0, 0.1) is 11.8 Å². The summed E-state index contributed by atoms with van der Waals surface area (Å²) in [6.45, 7) is 2.09. The van der Waals surface area contributed by atoms with Crippen molar-refractivity contribution in [2.24, 2.45) is 0 Å². The molecule has 21 heavy (non-hydrogen) atoms. The zero-order valence-electron chi connectivity index (χ0n) is 14.0. The zero-order valence-corrected chi connectivity index (χ0v) is 14.0. The number of unbranched alkanes of at least 4 members (excludes halogenated alkanes) is 8. The minimum absolute atomic E-state index is 0.0811. The molecule has 0 rings (SSSR count). The molecule has 0 heterocycles. The van der Waals surface area contributed by atoms with Gasteiger partial charge in [0.1, 0.15) is 0 Å². The maximum atomic E-state index is 10.9. The molecule has 0 atom stereocenters. The number of hydrogen-bond donors (Lipinski definition) is 0. The standard InChI is InChI=1S/C19H32O2/c1-3-4-5-6-7-8-9-10-11-12-13-14-15-16-17-18-19(20)21-2/h8-9H,3,6-7,10-18H2,1-2H3. The van der Waals surface area contributed by atoms with Crippen LogP contribution in [0.15, 0.2) is 12.2 Å². The second-order valence-corrected chi connectivity index (χ2v) is 5.31. The number of methoxy groups -OCH3 is 1. The normalized spacial score (nSPS) is 10.4. The Morgan fingerprint density at radius 1 is 0.905 bits per heavy atom. The van der Waals surface area contributed by atoms with E-state index in [-0.39, 0.29) is 5.97 Å². The summed E-state index contributed by atoms with van der Waals surface area (Å²) in [6.07, 6.45) is 17.9. The summed E-state index contributed by atoms with van der Waals surface area (Å²) in [5, 5.41) is 0. The van der Waals surface area contributed by atoms with Gasteiger partial charge in [0.05, 0.1) is 7.11 Å². The highest BCUT2D eigenvalue weighted by atomic mass is 16.5. The second kappa shape index (κ2) is 16.8. The van der Waals surface area contributed by atoms with Crippen LogP contribution in [-0.4, -0.2) is 13.1 Å². The van der Waals surface area contributed by atoms with Crippen LogP contribution in [0.3, 0.4) is 0 Å². The molecule has 0 saturated heterocycles. The average Bonchev–Trinajstić information content (AvgIpc) is 2.50. The van der Waals surface area contributed by atoms with Crippen molar-refractivity contribution in [3.8, 4) is 11.8 Å². The molecule has 0 aromatic carbocycles. The second-order valence-electron chi connectivity index (χ2n) is 5.31. The fourth-order valence-corrected chi connectivity index (χ4v) is 2.12. The van der Waals surface area contributed by atoms with Gasteiger partial charge in [-0.05, 0) is 25.7 Å². The molecule has 0 fully saturated rings. The minimum atomic E-state index is -0.0811. The Bertz CT molecular complexity index is 320. The van der Waals surface area contributed by atoms with Crippen LogP contribution in [0.4, 0.5) is 0 Å². The molecule has 120 valence electrons. The van der Waals surface area contributed by atoms with Gasteiger partial charge in [-0.25, -0.2) is 0 Å². The van der Waals surface area contributed by atoms with Crippen LogP contribution in [0.1, 0.15) is 84.0 Å². The lowest BCUT2D eigenvalue weighted by Crippen LogP contribution is -1.99. The predicted octanol–water partition coefficient (Wildman–Crippen LogP) is 5.42. The van der Waals surface area contributed by atoms with Crippen molar-refractivity contribution in [2.75, 3.05) is 7.11 Å². The van der Waals surface area contributed by atoms with Gasteiger partial charge in [-0.1, -0.05) is 51.2 Å². The van der Waals surface area contributed by atoms with E-state index in [1.54, 1.807) is 0 Å². The Labute approximate surface area is 131 Å². The van der Waals surface area contributed by atoms with Crippen molar-refractivity contribution in [1.29, 1.82) is 0 Å². The molecule has 2 heteroatoms. The summed E-state index contributed by atoms with van der Waals surface area (Å²) in [4.78, 5) is 10.9. The van der Waals surface area contributed by atoms with Gasteiger partial charge in [0, 0.05) is 19.3 Å². The van der Waals surface area contributed by atoms with Gasteiger partial charge in [0.2, 0.25) is 0 Å². The van der Waals surface area contributed by atoms with E-state index in [2.05, 4.69) is 35.7 Å². The van der Waals surface area contributed by atoms with Crippen molar-refractivity contribution >= 4 is 5.97 Å². The first kappa shape index (κ1) is 19.8. The molecule has 0 radical (unpaired) electrons. The SMILES string of the molecule is CCC#CCCC=CCCCCCCCCCC(=O)OC. The monoisotopic (exact) mass is 292 g/mol. The van der Waals surface area contributed by atoms with E-state index in [4.69, 9.17) is 0 Å². The molecule has 0 aromatic rings. The summed E-state index contributed by atoms with van der Waals surface area (Å²) >= 11 is 0. The van der Waals surface area contributed by atoms with Gasteiger partial charge < -0.3 is 4.74 Å². The van der Waals surface area contributed by atoms with Crippen LogP contribution in [0.2, 0.25) is 0 Å². The molecule has 0 spiro atoms. The lowest BCUT2D eigenvalue weighted by atomic mass is 10.1. The van der Waals surface area contributed by atoms with Crippen LogP contribution >= 0.6 is 0 Å². The third-order valence-corrected chi connectivity index (χ3v) is 3.38. The summed E-state index contributed by atoms with van der Waals surface area (Å²) in [7, 11) is 1.45. The third kappa shape index (κ3) is 16.7. The summed E-state index contributed by atoms with van der Waals surface area (Å²) in [5.41, 5.74) is 0. The van der Waals surface area contributed by atoms with Gasteiger partial charge in [-0.2, -0.15) is 0 Å². The molecule has 0 saturated carbocycles. The summed E-state index contributed by atoms with van der Waals surface area (Å²) in [5.74, 6) is 6.16. The van der Waals surface area contributed by atoms with E-state index in [0.717, 1.165) is 32.1 Å². The number of rotatable bonds is 12. The quantitative estimate of drug-likeness (QED) is 0.208. The molecule has 0 unspecified atom stereocenters. The Morgan fingerprint density at radius 3 is 2.19 bits per heavy atom. The zero-order chi connectivity index (χ0) is 15.6. The van der Waals surface area contributed by atoms with E-state index < -0.39 is 0 Å². The predicted molar refractivity (Wildman–Crippen MR) is 90.0 cm³/mol. The molecular formula is C19H32O2. The third-order valence-electron chi connectivity index (χ3n) is 3.38. The fraction of sp³-hybridized carbons (Fsp3) is 0.737. The molecule has 0 N–H and O–H groups in total. The minimum Gasteiger partial charge on any atom is -0.469 e. The van der Waals surface area contributed by atoms with Crippen molar-refractivity contribution in [3.05, 3.63) is 12.2 Å². The van der Waals surface area contributed by atoms with Gasteiger partial charge in [0.25, 0.3) is 0 Å². The van der Waals surface area contributed by atoms with Crippen molar-refractivity contribution < 1.29 is 9.53 Å². The number of carbonyl (C=O) groups excluding carboxylic acids is 1. The number of hydrogen-bond acceptors (Lipinski definition) is 2. The first-order valence-corrected chi connectivity index (χ1v) is 8.48. The maximum absolute atomic E-state index is 10.9. The van der Waals surface area contributed by atoms with Crippen molar-refractivity contribution in [2.45, 2.75) is 84.0 Å². The number of carbonyl (C=O) groups is 1. The smallest absolute Gasteiger partial charge is 0.305 e. The molecule has 0 aliphatic rings. The highest BCUT2D eigenvalue weighted by Gasteiger charge is 1.98. The summed E-state index contributed by atoms with van der Waals surface area (Å²) in [6, 6.07) is 0. The van der Waals surface area contributed by atoms with Gasteiger partial charge in [0.15, 0.2) is 0 Å². The molecule has 2 nitrogen and oxygen atoms in total. The summed E-state index contributed by atoms with van der Waals surface area (Å²) < 4.78 is 4.62. The fourth-order valence-electron chi connectivity index (χ4n) is 2.12. The van der Waals surface area contributed by atoms with Crippen LogP contribution in [0.5, 0.6) is 0 Å². The van der Waals surface area contributed by atoms with Crippen LogP contribution < -0.4 is 0 Å². The Morgan fingerprint density at radius 2 is 1.52 bits per heavy atom. The van der Waals surface area contributed by atoms with E-state index in [1.165, 1.54) is 45.6 Å². The molecule has 0 bridgehead atoms. The first-order valence-electron chi connectivity index (χ1n) is 8.48. The topological polar surface area (TPSA) is 26.3 Å². The van der Waals surface area contributed by atoms with Gasteiger partial charge >= 0.3 is 5.97 Å². The molecule has 0 aliphatic heterocycles. The largest absolute Gasteiger partial charge is 0.469 e. The Kier molecular flexibility index (Phi) is 15.8. The lowest BCUT2D eigenvalue weighted by Gasteiger charge is -2.01. The van der Waals surface area contributed by atoms with Gasteiger partial charge in [-0.15, -0.1) is 11.8 Å². The lowest BCUT2D eigenvalue weighted by molar-refractivity contribution is -0.140. The van der Waals surface area contributed by atoms with E-state index in [1.807, 2.05) is 0 Å². The average molecular weight is 292 g/mol. The van der Waals surface area contributed by atoms with E-state index >= 15 is 0 Å². The molecule has 0 aliphatic carbocycles. The molecule has 0 aromatic heterocycles. The number of allylic oxidation sites excluding steroid dienone is 2.